The number of ether oxygens (including phenoxy) is 1. The van der Waals surface area contributed by atoms with Crippen molar-refractivity contribution in [3.05, 3.63) is 29.3 Å². The topological polar surface area (TPSA) is 136 Å². The van der Waals surface area contributed by atoms with Crippen LogP contribution in [0.5, 0.6) is 0 Å². The zero-order chi connectivity index (χ0) is 22.6. The Morgan fingerprint density at radius 1 is 1.32 bits per heavy atom. The molecule has 0 saturated heterocycles. The Bertz CT molecular complexity index is 1080. The van der Waals surface area contributed by atoms with Gasteiger partial charge in [0.2, 0.25) is 10.0 Å². The third-order valence-electron chi connectivity index (χ3n) is 4.64. The molecule has 0 radical (unpaired) electrons. The molecule has 4 N–H and O–H groups in total. The average Bonchev–Trinajstić information content (AvgIpc) is 3.18. The Labute approximate surface area is 186 Å². The summed E-state index contributed by atoms with van der Waals surface area (Å²) in [5.41, 5.74) is 7.67. The van der Waals surface area contributed by atoms with Gasteiger partial charge >= 0.3 is 6.09 Å². The molecule has 1 aromatic carbocycles. The van der Waals surface area contributed by atoms with Gasteiger partial charge in [-0.05, 0) is 56.9 Å². The molecule has 0 saturated carbocycles. The lowest BCUT2D eigenvalue weighted by molar-refractivity contribution is 0.111. The molecular weight excluding hydrogens is 438 g/mol. The minimum Gasteiger partial charge on any atom is -0.447 e. The quantitative estimate of drug-likeness (QED) is 0.534. The monoisotopic (exact) mass is 465 g/mol. The minimum absolute atomic E-state index is 0.0105. The Balaban J connectivity index is 1.78. The standard InChI is InChI=1S/C20H27N5O4S2/c1-4-22-31(27,28)17-11-14(21)7-10-16(17)19-25-24-18(30-19)13-5-8-15(9-6-13)23-20(26)29-12(2)3/h5,7,10-12,15,22H,4,6,8-9,21H2,1-3H3,(H,23,26). The average molecular weight is 466 g/mol. The number of rotatable bonds is 7. The van der Waals surface area contributed by atoms with E-state index in [4.69, 9.17) is 10.5 Å². The summed E-state index contributed by atoms with van der Waals surface area (Å²) < 4.78 is 32.8. The summed E-state index contributed by atoms with van der Waals surface area (Å²) in [7, 11) is -3.71. The highest BCUT2D eigenvalue weighted by Gasteiger charge is 2.24. The van der Waals surface area contributed by atoms with E-state index in [1.54, 1.807) is 19.1 Å². The van der Waals surface area contributed by atoms with Gasteiger partial charge in [0.05, 0.1) is 11.0 Å². The van der Waals surface area contributed by atoms with Crippen molar-refractivity contribution in [2.45, 2.75) is 57.1 Å². The van der Waals surface area contributed by atoms with Crippen LogP contribution in [-0.4, -0.2) is 43.4 Å². The van der Waals surface area contributed by atoms with Gasteiger partial charge in [0.25, 0.3) is 0 Å². The van der Waals surface area contributed by atoms with Crippen LogP contribution in [0.3, 0.4) is 0 Å². The van der Waals surface area contributed by atoms with Gasteiger partial charge in [-0.25, -0.2) is 17.9 Å². The highest BCUT2D eigenvalue weighted by atomic mass is 32.2. The second-order valence-electron chi connectivity index (χ2n) is 7.47. The molecule has 1 amide bonds. The van der Waals surface area contributed by atoms with Crippen LogP contribution in [0.4, 0.5) is 10.5 Å². The van der Waals surface area contributed by atoms with Crippen LogP contribution >= 0.6 is 11.3 Å². The molecule has 0 bridgehead atoms. The number of nitrogens with two attached hydrogens (primary N) is 1. The molecule has 1 aliphatic rings. The van der Waals surface area contributed by atoms with E-state index in [1.807, 2.05) is 19.9 Å². The van der Waals surface area contributed by atoms with Crippen LogP contribution in [0.15, 0.2) is 29.2 Å². The fourth-order valence-corrected chi connectivity index (χ4v) is 5.54. The summed E-state index contributed by atoms with van der Waals surface area (Å²) in [6, 6.07) is 4.74. The van der Waals surface area contributed by atoms with Gasteiger partial charge in [-0.2, -0.15) is 0 Å². The van der Waals surface area contributed by atoms with E-state index in [0.29, 0.717) is 22.7 Å². The van der Waals surface area contributed by atoms with Crippen molar-refractivity contribution in [1.29, 1.82) is 0 Å². The van der Waals surface area contributed by atoms with Gasteiger partial charge in [0, 0.05) is 23.8 Å². The fraction of sp³-hybridized carbons (Fsp3) is 0.450. The summed E-state index contributed by atoms with van der Waals surface area (Å²) in [4.78, 5) is 11.9. The van der Waals surface area contributed by atoms with Crippen molar-refractivity contribution in [2.24, 2.45) is 0 Å². The van der Waals surface area contributed by atoms with Crippen molar-refractivity contribution in [2.75, 3.05) is 12.3 Å². The lowest BCUT2D eigenvalue weighted by Gasteiger charge is -2.22. The van der Waals surface area contributed by atoms with E-state index < -0.39 is 16.1 Å². The summed E-state index contributed by atoms with van der Waals surface area (Å²) >= 11 is 1.33. The number of nitrogens with zero attached hydrogens (tertiary/aromatic N) is 2. The molecule has 1 aliphatic carbocycles. The van der Waals surface area contributed by atoms with Crippen molar-refractivity contribution >= 4 is 38.7 Å². The van der Waals surface area contributed by atoms with Crippen LogP contribution in [-0.2, 0) is 14.8 Å². The Morgan fingerprint density at radius 2 is 2.06 bits per heavy atom. The molecule has 1 heterocycles. The largest absolute Gasteiger partial charge is 0.447 e. The van der Waals surface area contributed by atoms with E-state index in [1.165, 1.54) is 17.4 Å². The molecule has 11 heteroatoms. The van der Waals surface area contributed by atoms with Gasteiger partial charge in [-0.3, -0.25) is 0 Å². The molecule has 0 fully saturated rings. The summed E-state index contributed by atoms with van der Waals surface area (Å²) in [6.45, 7) is 5.60. The number of nitrogen functional groups attached to an aromatic ring is 1. The maximum absolute atomic E-state index is 12.6. The fourth-order valence-electron chi connectivity index (χ4n) is 3.24. The molecule has 2 aromatic rings. The predicted molar refractivity (Wildman–Crippen MR) is 121 cm³/mol. The molecule has 1 atom stereocenters. The van der Waals surface area contributed by atoms with Crippen LogP contribution in [0.2, 0.25) is 0 Å². The zero-order valence-electron chi connectivity index (χ0n) is 17.7. The van der Waals surface area contributed by atoms with E-state index in [9.17, 15) is 13.2 Å². The van der Waals surface area contributed by atoms with Gasteiger partial charge in [-0.15, -0.1) is 10.2 Å². The van der Waals surface area contributed by atoms with Crippen LogP contribution in [0, 0.1) is 0 Å². The highest BCUT2D eigenvalue weighted by molar-refractivity contribution is 7.89. The maximum Gasteiger partial charge on any atom is 0.407 e. The molecule has 9 nitrogen and oxygen atoms in total. The lowest BCUT2D eigenvalue weighted by Crippen LogP contribution is -2.37. The first-order valence-electron chi connectivity index (χ1n) is 10.1. The predicted octanol–water partition coefficient (Wildman–Crippen LogP) is 3.16. The summed E-state index contributed by atoms with van der Waals surface area (Å²) in [6.07, 6.45) is 3.62. The van der Waals surface area contributed by atoms with Gasteiger partial charge in [0.15, 0.2) is 0 Å². The lowest BCUT2D eigenvalue weighted by atomic mass is 9.96. The zero-order valence-corrected chi connectivity index (χ0v) is 19.3. The van der Waals surface area contributed by atoms with E-state index >= 15 is 0 Å². The third kappa shape index (κ3) is 5.81. The first kappa shape index (κ1) is 23.2. The van der Waals surface area contributed by atoms with Gasteiger partial charge in [0.1, 0.15) is 10.0 Å². The summed E-state index contributed by atoms with van der Waals surface area (Å²) in [5.74, 6) is 0. The van der Waals surface area contributed by atoms with Gasteiger partial charge < -0.3 is 15.8 Å². The number of anilines is 1. The highest BCUT2D eigenvalue weighted by Crippen LogP contribution is 2.35. The SMILES string of the molecule is CCNS(=O)(=O)c1cc(N)ccc1-c1nnc(C2=CCC(NC(=O)OC(C)C)CC2)s1. The number of benzene rings is 1. The minimum atomic E-state index is -3.71. The molecule has 0 spiro atoms. The molecule has 3 rings (SSSR count). The van der Waals surface area contributed by atoms with E-state index in [2.05, 4.69) is 20.2 Å². The molecule has 1 aromatic heterocycles. The Morgan fingerprint density at radius 3 is 2.71 bits per heavy atom. The molecule has 168 valence electrons. The number of amides is 1. The molecule has 0 aliphatic heterocycles. The van der Waals surface area contributed by atoms with E-state index in [0.717, 1.165) is 23.4 Å². The van der Waals surface area contributed by atoms with Crippen molar-refractivity contribution in [3.8, 4) is 10.6 Å². The number of sulfonamides is 1. The number of allylic oxidation sites excluding steroid dienone is 1. The number of alkyl carbamates (subject to hydrolysis) is 1. The van der Waals surface area contributed by atoms with Crippen LogP contribution in [0.1, 0.15) is 45.0 Å². The number of nitrogens with one attached hydrogen (secondary N) is 2. The third-order valence-corrected chi connectivity index (χ3v) is 7.25. The Hall–Kier alpha value is -2.50. The van der Waals surface area contributed by atoms with Crippen LogP contribution in [0.25, 0.3) is 16.1 Å². The Kier molecular flexibility index (Phi) is 7.29. The summed E-state index contributed by atoms with van der Waals surface area (Å²) in [5, 5.41) is 12.6. The first-order chi connectivity index (χ1) is 14.7. The van der Waals surface area contributed by atoms with Gasteiger partial charge in [-0.1, -0.05) is 24.3 Å². The molecule has 31 heavy (non-hydrogen) atoms. The van der Waals surface area contributed by atoms with Crippen molar-refractivity contribution in [3.63, 3.8) is 0 Å². The molecular formula is C20H27N5O4S2. The normalized spacial score (nSPS) is 16.8. The van der Waals surface area contributed by atoms with Crippen molar-refractivity contribution < 1.29 is 17.9 Å². The smallest absolute Gasteiger partial charge is 0.407 e. The van der Waals surface area contributed by atoms with Crippen molar-refractivity contribution in [1.82, 2.24) is 20.2 Å². The maximum atomic E-state index is 12.6. The van der Waals surface area contributed by atoms with Crippen LogP contribution < -0.4 is 15.8 Å². The second-order valence-corrected chi connectivity index (χ2v) is 10.2. The number of carbonyl (C=O) groups excluding carboxylic acids is 1. The van der Waals surface area contributed by atoms with E-state index in [-0.39, 0.29) is 23.6 Å². The number of hydrogen-bond donors (Lipinski definition) is 3. The molecule has 1 unspecified atom stereocenters. The second kappa shape index (κ2) is 9.75. The number of carbonyl (C=O) groups is 1. The number of aromatic nitrogens is 2. The number of hydrogen-bond acceptors (Lipinski definition) is 8. The first-order valence-corrected chi connectivity index (χ1v) is 12.4.